The van der Waals surface area contributed by atoms with Crippen molar-refractivity contribution >= 4 is 5.78 Å². The number of benzene rings is 2. The number of nitrogens with zero attached hydrogens (tertiary/aromatic N) is 1. The minimum absolute atomic E-state index is 0.0296. The maximum Gasteiger partial charge on any atom is 0.180 e. The van der Waals surface area contributed by atoms with Crippen molar-refractivity contribution in [2.45, 2.75) is 64.5 Å². The molecule has 2 aliphatic rings. The molecular weight excluding hydrogens is 418 g/mol. The molecule has 0 spiro atoms. The second kappa shape index (κ2) is 8.19. The zero-order valence-corrected chi connectivity index (χ0v) is 20.3. The molecule has 2 heterocycles. The Kier molecular flexibility index (Phi) is 5.79. The molecule has 1 atom stereocenters. The highest BCUT2D eigenvalue weighted by Crippen LogP contribution is 2.40. The maximum atomic E-state index is 13.4. The van der Waals surface area contributed by atoms with E-state index in [0.717, 1.165) is 11.3 Å². The first-order chi connectivity index (χ1) is 15.5. The maximum absolute atomic E-state index is 13.4. The van der Waals surface area contributed by atoms with E-state index in [4.69, 9.17) is 14.2 Å². The van der Waals surface area contributed by atoms with Crippen LogP contribution in [0.5, 0.6) is 17.2 Å². The molecule has 33 heavy (non-hydrogen) atoms. The minimum Gasteiger partial charge on any atom is -0.494 e. The Labute approximate surface area is 195 Å². The fourth-order valence-corrected chi connectivity index (χ4v) is 4.76. The van der Waals surface area contributed by atoms with Gasteiger partial charge in [0.2, 0.25) is 0 Å². The van der Waals surface area contributed by atoms with Crippen LogP contribution in [0.1, 0.15) is 63.9 Å². The summed E-state index contributed by atoms with van der Waals surface area (Å²) < 4.78 is 17.7. The van der Waals surface area contributed by atoms with Gasteiger partial charge in [0.05, 0.1) is 23.1 Å². The van der Waals surface area contributed by atoms with Crippen molar-refractivity contribution in [2.24, 2.45) is 0 Å². The number of hydrogen-bond donors (Lipinski definition) is 1. The van der Waals surface area contributed by atoms with Crippen LogP contribution in [0.2, 0.25) is 0 Å². The molecule has 0 radical (unpaired) electrons. The second-order valence-corrected chi connectivity index (χ2v) is 10.2. The van der Waals surface area contributed by atoms with Gasteiger partial charge < -0.3 is 19.4 Å². The molecule has 176 valence electrons. The summed E-state index contributed by atoms with van der Waals surface area (Å²) in [5.41, 5.74) is -0.324. The lowest BCUT2D eigenvalue weighted by molar-refractivity contribution is -0.216. The normalized spacial score (nSPS) is 23.8. The first-order valence-electron chi connectivity index (χ1n) is 11.4. The first-order valence-corrected chi connectivity index (χ1v) is 11.4. The second-order valence-electron chi connectivity index (χ2n) is 10.2. The summed E-state index contributed by atoms with van der Waals surface area (Å²) >= 11 is 0. The van der Waals surface area contributed by atoms with Crippen LogP contribution in [0.25, 0.3) is 0 Å². The lowest BCUT2D eigenvalue weighted by Crippen LogP contribution is -2.55. The first kappa shape index (κ1) is 23.3. The Morgan fingerprint density at radius 1 is 1.03 bits per heavy atom. The van der Waals surface area contributed by atoms with Crippen LogP contribution in [0.15, 0.2) is 54.3 Å². The lowest BCUT2D eigenvalue weighted by atomic mass is 9.75. The van der Waals surface area contributed by atoms with Gasteiger partial charge in [0.1, 0.15) is 29.6 Å². The summed E-state index contributed by atoms with van der Waals surface area (Å²) in [6.07, 6.45) is 2.53. The topological polar surface area (TPSA) is 68.2 Å². The molecule has 0 aromatic heterocycles. The standard InChI is InChI=1S/C27H33NO5/c1-7-31-20-12-13-22-23(14-20)32-17-27(6,24(22)29)18-8-10-19(11-9-18)33-21-15-25(2,3)28(30)26(4,5)16-21/h8-15,30H,7,16-17H2,1-6H3. The van der Waals surface area contributed by atoms with Crippen LogP contribution < -0.4 is 14.2 Å². The quantitative estimate of drug-likeness (QED) is 0.644. The Bertz CT molecular complexity index is 1090. The van der Waals surface area contributed by atoms with E-state index in [1.165, 1.54) is 5.06 Å². The molecule has 0 amide bonds. The van der Waals surface area contributed by atoms with Crippen LogP contribution in [0, 0.1) is 0 Å². The van der Waals surface area contributed by atoms with Gasteiger partial charge in [-0.3, -0.25) is 4.79 Å². The largest absolute Gasteiger partial charge is 0.494 e. The number of carbonyl (C=O) groups is 1. The number of Topliss-reactive ketones (excluding diaryl/α,β-unsaturated/α-hetero) is 1. The van der Waals surface area contributed by atoms with E-state index in [-0.39, 0.29) is 12.4 Å². The summed E-state index contributed by atoms with van der Waals surface area (Å²) in [4.78, 5) is 13.4. The van der Waals surface area contributed by atoms with Crippen LogP contribution in [-0.4, -0.2) is 40.3 Å². The Morgan fingerprint density at radius 2 is 1.70 bits per heavy atom. The van der Waals surface area contributed by atoms with E-state index in [1.54, 1.807) is 18.2 Å². The predicted octanol–water partition coefficient (Wildman–Crippen LogP) is 5.53. The average molecular weight is 452 g/mol. The number of ether oxygens (including phenoxy) is 3. The smallest absolute Gasteiger partial charge is 0.180 e. The summed E-state index contributed by atoms with van der Waals surface area (Å²) in [6.45, 7) is 12.5. The van der Waals surface area contributed by atoms with Crippen molar-refractivity contribution in [3.63, 3.8) is 0 Å². The van der Waals surface area contributed by atoms with Crippen molar-refractivity contribution in [3.8, 4) is 17.2 Å². The fraction of sp³-hybridized carbons (Fsp3) is 0.444. The van der Waals surface area contributed by atoms with Crippen LogP contribution in [-0.2, 0) is 5.41 Å². The number of fused-ring (bicyclic) bond motifs is 1. The van der Waals surface area contributed by atoms with E-state index < -0.39 is 16.5 Å². The van der Waals surface area contributed by atoms with Crippen molar-refractivity contribution in [1.29, 1.82) is 0 Å². The van der Waals surface area contributed by atoms with E-state index in [2.05, 4.69) is 0 Å². The Morgan fingerprint density at radius 3 is 2.33 bits per heavy atom. The number of rotatable bonds is 5. The minimum atomic E-state index is -0.788. The predicted molar refractivity (Wildman–Crippen MR) is 126 cm³/mol. The molecule has 1 unspecified atom stereocenters. The molecule has 6 heteroatoms. The molecule has 2 aromatic rings. The molecule has 6 nitrogen and oxygen atoms in total. The fourth-order valence-electron chi connectivity index (χ4n) is 4.76. The van der Waals surface area contributed by atoms with Crippen molar-refractivity contribution < 1.29 is 24.2 Å². The highest BCUT2D eigenvalue weighted by Gasteiger charge is 2.43. The van der Waals surface area contributed by atoms with Crippen molar-refractivity contribution in [2.75, 3.05) is 13.2 Å². The molecular formula is C27H33NO5. The summed E-state index contributed by atoms with van der Waals surface area (Å²) in [5, 5.41) is 11.9. The van der Waals surface area contributed by atoms with E-state index in [0.29, 0.717) is 35.8 Å². The molecule has 1 N–H and O–H groups in total. The highest BCUT2D eigenvalue weighted by molar-refractivity contribution is 6.07. The van der Waals surface area contributed by atoms with Crippen LogP contribution in [0.3, 0.4) is 0 Å². The SMILES string of the molecule is CCOc1ccc2c(c1)OCC(C)(c1ccc(OC3=CC(C)(C)N(O)C(C)(C)C3)cc1)C2=O. The van der Waals surface area contributed by atoms with Gasteiger partial charge in [-0.25, -0.2) is 0 Å². The van der Waals surface area contributed by atoms with E-state index in [1.807, 2.05) is 71.9 Å². The van der Waals surface area contributed by atoms with Gasteiger partial charge >= 0.3 is 0 Å². The van der Waals surface area contributed by atoms with E-state index in [9.17, 15) is 10.0 Å². The van der Waals surface area contributed by atoms with Crippen molar-refractivity contribution in [1.82, 2.24) is 5.06 Å². The van der Waals surface area contributed by atoms with Gasteiger partial charge in [0.25, 0.3) is 0 Å². The summed E-state index contributed by atoms with van der Waals surface area (Å²) in [6, 6.07) is 13.0. The number of carbonyl (C=O) groups excluding carboxylic acids is 1. The third kappa shape index (κ3) is 4.25. The van der Waals surface area contributed by atoms with Gasteiger partial charge in [-0.1, -0.05) is 12.1 Å². The van der Waals surface area contributed by atoms with Crippen LogP contribution >= 0.6 is 0 Å². The average Bonchev–Trinajstić information content (AvgIpc) is 2.75. The molecule has 0 aliphatic carbocycles. The summed E-state index contributed by atoms with van der Waals surface area (Å²) in [5.74, 6) is 2.79. The third-order valence-electron chi connectivity index (χ3n) is 6.51. The molecule has 0 saturated heterocycles. The van der Waals surface area contributed by atoms with Crippen molar-refractivity contribution in [3.05, 3.63) is 65.4 Å². The van der Waals surface area contributed by atoms with E-state index >= 15 is 0 Å². The van der Waals surface area contributed by atoms with Crippen LogP contribution in [0.4, 0.5) is 0 Å². The molecule has 4 rings (SSSR count). The van der Waals surface area contributed by atoms with Gasteiger partial charge in [-0.15, -0.1) is 0 Å². The monoisotopic (exact) mass is 451 g/mol. The third-order valence-corrected chi connectivity index (χ3v) is 6.51. The Balaban J connectivity index is 1.54. The zero-order valence-electron chi connectivity index (χ0n) is 20.3. The summed E-state index contributed by atoms with van der Waals surface area (Å²) in [7, 11) is 0. The number of hydrogen-bond acceptors (Lipinski definition) is 6. The Hall–Kier alpha value is -2.83. The van der Waals surface area contributed by atoms with Gasteiger partial charge in [0.15, 0.2) is 5.78 Å². The lowest BCUT2D eigenvalue weighted by Gasteiger charge is -2.46. The molecule has 2 aromatic carbocycles. The van der Waals surface area contributed by atoms with Gasteiger partial charge in [0, 0.05) is 18.0 Å². The highest BCUT2D eigenvalue weighted by atomic mass is 16.5. The molecule has 0 bridgehead atoms. The molecule has 2 aliphatic heterocycles. The number of hydroxylamine groups is 2. The van der Waals surface area contributed by atoms with Gasteiger partial charge in [-0.05, 0) is 77.4 Å². The molecule has 0 saturated carbocycles. The van der Waals surface area contributed by atoms with Gasteiger partial charge in [-0.2, -0.15) is 5.06 Å². The zero-order chi connectivity index (χ0) is 24.0. The molecule has 0 fully saturated rings. The number of ketones is 1.